The number of halogens is 1. The maximum absolute atomic E-state index is 11.5. The van der Waals surface area contributed by atoms with Crippen molar-refractivity contribution >= 4 is 27.1 Å². The van der Waals surface area contributed by atoms with E-state index in [-0.39, 0.29) is 0 Å². The average molecular weight is 262 g/mol. The van der Waals surface area contributed by atoms with Crippen LogP contribution in [-0.4, -0.2) is 26.0 Å². The molecule has 0 saturated carbocycles. The van der Waals surface area contributed by atoms with Crippen LogP contribution in [0.3, 0.4) is 0 Å². The summed E-state index contributed by atoms with van der Waals surface area (Å²) in [5.74, 6) is 0. The Morgan fingerprint density at radius 1 is 1.25 bits per heavy atom. The average Bonchev–Trinajstić information content (AvgIpc) is 2.15. The van der Waals surface area contributed by atoms with Gasteiger partial charge in [-0.25, -0.2) is 8.42 Å². The number of nitrogens with one attached hydrogen (secondary N) is 1. The van der Waals surface area contributed by atoms with Crippen molar-refractivity contribution in [2.45, 2.75) is 18.6 Å². The number of rotatable bonds is 4. The second-order valence-electron chi connectivity index (χ2n) is 4.39. The first-order chi connectivity index (χ1) is 7.22. The first kappa shape index (κ1) is 13.3. The van der Waals surface area contributed by atoms with Gasteiger partial charge in [0.1, 0.15) is 0 Å². The molecular weight excluding hydrogens is 246 g/mol. The van der Waals surface area contributed by atoms with Gasteiger partial charge in [0.2, 0.25) is 0 Å². The van der Waals surface area contributed by atoms with Gasteiger partial charge in [-0.15, -0.1) is 0 Å². The molecule has 0 aromatic heterocycles. The summed E-state index contributed by atoms with van der Waals surface area (Å²) < 4.78 is 22.1. The van der Waals surface area contributed by atoms with Crippen molar-refractivity contribution in [3.63, 3.8) is 0 Å². The maximum atomic E-state index is 11.5. The van der Waals surface area contributed by atoms with E-state index in [9.17, 15) is 8.42 Å². The van der Waals surface area contributed by atoms with Gasteiger partial charge >= 0.3 is 0 Å². The number of anilines is 1. The minimum Gasteiger partial charge on any atom is -0.383 e. The van der Waals surface area contributed by atoms with Crippen LogP contribution >= 0.6 is 11.6 Å². The van der Waals surface area contributed by atoms with Crippen molar-refractivity contribution in [3.05, 3.63) is 29.3 Å². The monoisotopic (exact) mass is 261 g/mol. The van der Waals surface area contributed by atoms with Gasteiger partial charge in [-0.05, 0) is 38.1 Å². The zero-order valence-electron chi connectivity index (χ0n) is 9.62. The third kappa shape index (κ3) is 3.39. The summed E-state index contributed by atoms with van der Waals surface area (Å²) in [6, 6.07) is 7.16. The van der Waals surface area contributed by atoms with Crippen molar-refractivity contribution in [2.75, 3.05) is 18.1 Å². The van der Waals surface area contributed by atoms with E-state index in [4.69, 9.17) is 11.6 Å². The van der Waals surface area contributed by atoms with Crippen LogP contribution in [0.1, 0.15) is 13.8 Å². The quantitative estimate of drug-likeness (QED) is 0.906. The molecule has 16 heavy (non-hydrogen) atoms. The molecule has 1 aromatic rings. The summed E-state index contributed by atoms with van der Waals surface area (Å²) in [5, 5.41) is 3.74. The molecule has 3 nitrogen and oxygen atoms in total. The third-order valence-corrected chi connectivity index (χ3v) is 4.97. The van der Waals surface area contributed by atoms with Gasteiger partial charge in [-0.3, -0.25) is 0 Å². The van der Waals surface area contributed by atoms with E-state index in [1.807, 2.05) is 12.1 Å². The van der Waals surface area contributed by atoms with Crippen molar-refractivity contribution in [1.82, 2.24) is 0 Å². The van der Waals surface area contributed by atoms with Crippen molar-refractivity contribution in [2.24, 2.45) is 0 Å². The summed E-state index contributed by atoms with van der Waals surface area (Å²) in [6.45, 7) is 3.77. The van der Waals surface area contributed by atoms with Gasteiger partial charge in [0.25, 0.3) is 0 Å². The highest BCUT2D eigenvalue weighted by molar-refractivity contribution is 7.92. The molecule has 5 heteroatoms. The minimum atomic E-state index is -3.07. The first-order valence-corrected chi connectivity index (χ1v) is 7.18. The van der Waals surface area contributed by atoms with E-state index < -0.39 is 14.6 Å². The third-order valence-electron chi connectivity index (χ3n) is 2.57. The fourth-order valence-electron chi connectivity index (χ4n) is 1.01. The Balaban J connectivity index is 2.68. The largest absolute Gasteiger partial charge is 0.383 e. The molecule has 1 aromatic carbocycles. The normalized spacial score (nSPS) is 12.5. The van der Waals surface area contributed by atoms with Gasteiger partial charge in [-0.2, -0.15) is 0 Å². The summed E-state index contributed by atoms with van der Waals surface area (Å²) in [4.78, 5) is 0. The number of hydrogen-bond donors (Lipinski definition) is 1. The van der Waals surface area contributed by atoms with Crippen LogP contribution in [-0.2, 0) is 9.84 Å². The lowest BCUT2D eigenvalue weighted by Crippen LogP contribution is -2.38. The highest BCUT2D eigenvalue weighted by Gasteiger charge is 2.29. The predicted molar refractivity (Wildman–Crippen MR) is 68.9 cm³/mol. The number of hydrogen-bond acceptors (Lipinski definition) is 3. The summed E-state index contributed by atoms with van der Waals surface area (Å²) in [5.41, 5.74) is 0.862. The van der Waals surface area contributed by atoms with Gasteiger partial charge in [0.05, 0.1) is 4.75 Å². The lowest BCUT2D eigenvalue weighted by molar-refractivity contribution is 0.560. The second kappa shape index (κ2) is 4.63. The molecule has 0 aliphatic heterocycles. The number of sulfone groups is 1. The molecule has 0 radical (unpaired) electrons. The molecule has 0 heterocycles. The van der Waals surface area contributed by atoms with Crippen LogP contribution in [0, 0.1) is 0 Å². The highest BCUT2D eigenvalue weighted by Crippen LogP contribution is 2.18. The topological polar surface area (TPSA) is 46.2 Å². The van der Waals surface area contributed by atoms with E-state index in [1.54, 1.807) is 26.0 Å². The van der Waals surface area contributed by atoms with Crippen LogP contribution in [0.5, 0.6) is 0 Å². The molecule has 0 fully saturated rings. The Kier molecular flexibility index (Phi) is 3.86. The Morgan fingerprint density at radius 2 is 1.75 bits per heavy atom. The smallest absolute Gasteiger partial charge is 0.154 e. The predicted octanol–water partition coefficient (Wildman–Crippen LogP) is 2.58. The molecule has 0 bridgehead atoms. The standard InChI is InChI=1S/C11H16ClNO2S/c1-11(2,16(3,14)15)8-13-10-6-4-9(12)5-7-10/h4-7,13H,8H2,1-3H3. The van der Waals surface area contributed by atoms with Crippen LogP contribution in [0.2, 0.25) is 5.02 Å². The number of benzene rings is 1. The lowest BCUT2D eigenvalue weighted by Gasteiger charge is -2.23. The maximum Gasteiger partial charge on any atom is 0.154 e. The minimum absolute atomic E-state index is 0.369. The molecular formula is C11H16ClNO2S. The molecule has 0 aliphatic rings. The van der Waals surface area contributed by atoms with Crippen molar-refractivity contribution in [3.8, 4) is 0 Å². The second-order valence-corrected chi connectivity index (χ2v) is 7.48. The van der Waals surface area contributed by atoms with Gasteiger partial charge < -0.3 is 5.32 Å². The summed E-state index contributed by atoms with van der Waals surface area (Å²) in [6.07, 6.45) is 1.25. The lowest BCUT2D eigenvalue weighted by atomic mass is 10.2. The molecule has 0 atom stereocenters. The van der Waals surface area contributed by atoms with Gasteiger partial charge in [-0.1, -0.05) is 11.6 Å². The van der Waals surface area contributed by atoms with Crippen molar-refractivity contribution < 1.29 is 8.42 Å². The Morgan fingerprint density at radius 3 is 2.19 bits per heavy atom. The van der Waals surface area contributed by atoms with Crippen LogP contribution in [0.4, 0.5) is 5.69 Å². The van der Waals surface area contributed by atoms with Crippen LogP contribution < -0.4 is 5.32 Å². The summed E-state index contributed by atoms with van der Waals surface area (Å²) >= 11 is 5.75. The zero-order chi connectivity index (χ0) is 12.4. The van der Waals surface area contributed by atoms with E-state index in [1.165, 1.54) is 6.26 Å². The molecule has 1 N–H and O–H groups in total. The molecule has 1 rings (SSSR count). The SMILES string of the molecule is CC(C)(CNc1ccc(Cl)cc1)S(C)(=O)=O. The molecule has 0 amide bonds. The van der Waals surface area contributed by atoms with Crippen molar-refractivity contribution in [1.29, 1.82) is 0 Å². The molecule has 0 saturated heterocycles. The van der Waals surface area contributed by atoms with Gasteiger partial charge in [0, 0.05) is 23.5 Å². The zero-order valence-corrected chi connectivity index (χ0v) is 11.2. The van der Waals surface area contributed by atoms with Crippen LogP contribution in [0.25, 0.3) is 0 Å². The fraction of sp³-hybridized carbons (Fsp3) is 0.455. The summed E-state index contributed by atoms with van der Waals surface area (Å²) in [7, 11) is -3.07. The fourth-order valence-corrected chi connectivity index (χ4v) is 1.47. The molecule has 0 unspecified atom stereocenters. The van der Waals surface area contributed by atoms with E-state index in [0.717, 1.165) is 5.69 Å². The Labute approximate surface area is 102 Å². The molecule has 0 aliphatic carbocycles. The van der Waals surface area contributed by atoms with E-state index >= 15 is 0 Å². The van der Waals surface area contributed by atoms with Gasteiger partial charge in [0.15, 0.2) is 9.84 Å². The highest BCUT2D eigenvalue weighted by atomic mass is 35.5. The first-order valence-electron chi connectivity index (χ1n) is 4.91. The van der Waals surface area contributed by atoms with E-state index in [2.05, 4.69) is 5.32 Å². The Bertz CT molecular complexity index is 451. The molecule has 0 spiro atoms. The van der Waals surface area contributed by atoms with Crippen LogP contribution in [0.15, 0.2) is 24.3 Å². The molecule has 90 valence electrons. The Hall–Kier alpha value is -0.740. The van der Waals surface area contributed by atoms with E-state index in [0.29, 0.717) is 11.6 Å².